The van der Waals surface area contributed by atoms with Gasteiger partial charge in [0.1, 0.15) is 5.75 Å². The Morgan fingerprint density at radius 2 is 1.55 bits per heavy atom. The first-order valence-corrected chi connectivity index (χ1v) is 9.75. The molecule has 0 fully saturated rings. The first-order chi connectivity index (χ1) is 14.3. The maximum Gasteiger partial charge on any atom is 0.118 e. The molecule has 1 aliphatic rings. The summed E-state index contributed by atoms with van der Waals surface area (Å²) in [6, 6.07) is 28.7. The van der Waals surface area contributed by atoms with Crippen LogP contribution in [-0.4, -0.2) is 12.8 Å². The molecular weight excluding hydrogens is 354 g/mol. The van der Waals surface area contributed by atoms with Crippen LogP contribution in [0.3, 0.4) is 0 Å². The maximum absolute atomic E-state index is 5.30. The van der Waals surface area contributed by atoms with Gasteiger partial charge in [-0.2, -0.15) is 0 Å². The van der Waals surface area contributed by atoms with Gasteiger partial charge in [0.25, 0.3) is 0 Å². The van der Waals surface area contributed by atoms with Gasteiger partial charge in [-0.05, 0) is 53.5 Å². The van der Waals surface area contributed by atoms with E-state index in [2.05, 4.69) is 60.7 Å². The molecule has 1 aliphatic carbocycles. The SMILES string of the molecule is COc1ccc(/C=C(/C(=Nc2ccccc2)C2=CC=CC2)c2ccccc2)cc1. The molecule has 0 aromatic heterocycles. The van der Waals surface area contributed by atoms with Gasteiger partial charge in [0, 0.05) is 5.57 Å². The van der Waals surface area contributed by atoms with Crippen LogP contribution in [-0.2, 0) is 0 Å². The van der Waals surface area contributed by atoms with Crippen molar-refractivity contribution in [2.24, 2.45) is 4.99 Å². The first-order valence-electron chi connectivity index (χ1n) is 9.75. The van der Waals surface area contributed by atoms with Crippen molar-refractivity contribution in [1.29, 1.82) is 0 Å². The van der Waals surface area contributed by atoms with E-state index >= 15 is 0 Å². The Morgan fingerprint density at radius 3 is 2.17 bits per heavy atom. The normalized spacial score (nSPS) is 14.0. The van der Waals surface area contributed by atoms with Crippen LogP contribution in [0.2, 0.25) is 0 Å². The van der Waals surface area contributed by atoms with E-state index in [4.69, 9.17) is 9.73 Å². The molecule has 29 heavy (non-hydrogen) atoms. The molecule has 0 spiro atoms. The summed E-state index contributed by atoms with van der Waals surface area (Å²) >= 11 is 0. The van der Waals surface area contributed by atoms with Crippen LogP contribution in [0.15, 0.2) is 114 Å². The van der Waals surface area contributed by atoms with Crippen molar-refractivity contribution in [3.8, 4) is 5.75 Å². The Labute approximate surface area is 172 Å². The van der Waals surface area contributed by atoms with Crippen LogP contribution in [0.1, 0.15) is 17.5 Å². The first kappa shape index (κ1) is 18.7. The maximum atomic E-state index is 5.30. The van der Waals surface area contributed by atoms with Crippen LogP contribution < -0.4 is 4.74 Å². The summed E-state index contributed by atoms with van der Waals surface area (Å²) in [7, 11) is 1.68. The van der Waals surface area contributed by atoms with Crippen LogP contribution >= 0.6 is 0 Å². The summed E-state index contributed by atoms with van der Waals surface area (Å²) in [4.78, 5) is 5.06. The number of ether oxygens (including phenoxy) is 1. The fourth-order valence-corrected chi connectivity index (χ4v) is 3.33. The van der Waals surface area contributed by atoms with Gasteiger partial charge in [-0.3, -0.25) is 0 Å². The highest BCUT2D eigenvalue weighted by Gasteiger charge is 2.16. The fraction of sp³-hybridized carbons (Fsp3) is 0.0741. The Balaban J connectivity index is 1.86. The Hall–Kier alpha value is -3.65. The number of rotatable bonds is 6. The monoisotopic (exact) mass is 377 g/mol. The lowest BCUT2D eigenvalue weighted by atomic mass is 9.93. The van der Waals surface area contributed by atoms with Crippen molar-refractivity contribution in [1.82, 2.24) is 0 Å². The third-order valence-corrected chi connectivity index (χ3v) is 4.84. The summed E-state index contributed by atoms with van der Waals surface area (Å²) in [5, 5.41) is 0. The molecule has 0 saturated heterocycles. The molecule has 0 bridgehead atoms. The quantitative estimate of drug-likeness (QED) is 0.338. The topological polar surface area (TPSA) is 21.6 Å². The van der Waals surface area contributed by atoms with E-state index in [1.54, 1.807) is 7.11 Å². The molecule has 0 radical (unpaired) electrons. The number of para-hydroxylation sites is 1. The summed E-state index contributed by atoms with van der Waals surface area (Å²) in [6.45, 7) is 0. The predicted molar refractivity (Wildman–Crippen MR) is 123 cm³/mol. The number of benzene rings is 3. The van der Waals surface area contributed by atoms with Gasteiger partial charge in [-0.1, -0.05) is 78.9 Å². The molecule has 0 unspecified atom stereocenters. The molecule has 0 atom stereocenters. The zero-order chi connectivity index (χ0) is 19.9. The summed E-state index contributed by atoms with van der Waals surface area (Å²) in [6.07, 6.45) is 9.53. The molecule has 2 nitrogen and oxygen atoms in total. The number of nitrogens with zero attached hydrogens (tertiary/aromatic N) is 1. The summed E-state index contributed by atoms with van der Waals surface area (Å²) in [5.74, 6) is 0.851. The molecule has 142 valence electrons. The Bertz CT molecular complexity index is 1070. The minimum absolute atomic E-state index is 0.851. The minimum atomic E-state index is 0.851. The zero-order valence-corrected chi connectivity index (χ0v) is 16.5. The lowest BCUT2D eigenvalue weighted by Crippen LogP contribution is -2.05. The smallest absolute Gasteiger partial charge is 0.118 e. The van der Waals surface area contributed by atoms with Gasteiger partial charge in [0.15, 0.2) is 0 Å². The highest BCUT2D eigenvalue weighted by molar-refractivity contribution is 6.35. The van der Waals surface area contributed by atoms with E-state index in [0.29, 0.717) is 0 Å². The van der Waals surface area contributed by atoms with Gasteiger partial charge < -0.3 is 4.74 Å². The van der Waals surface area contributed by atoms with Crippen molar-refractivity contribution in [2.75, 3.05) is 7.11 Å². The van der Waals surface area contributed by atoms with E-state index in [0.717, 1.165) is 40.3 Å². The molecule has 0 aliphatic heterocycles. The van der Waals surface area contributed by atoms with Gasteiger partial charge in [-0.25, -0.2) is 4.99 Å². The number of hydrogen-bond donors (Lipinski definition) is 0. The number of aliphatic imine (C=N–C) groups is 1. The molecule has 3 aromatic carbocycles. The fourth-order valence-electron chi connectivity index (χ4n) is 3.33. The molecule has 0 amide bonds. The predicted octanol–water partition coefficient (Wildman–Crippen LogP) is 6.89. The third-order valence-electron chi connectivity index (χ3n) is 4.84. The average Bonchev–Trinajstić information content (AvgIpc) is 3.32. The standard InChI is InChI=1S/C27H23NO/c1-29-25-18-16-21(17-19-25)20-26(22-10-4-2-5-11-22)27(23-12-8-9-13-23)28-24-14-6-3-7-15-24/h2-12,14-20H,13H2,1H3/b26-20+,28-27?. The van der Waals surface area contributed by atoms with Crippen LogP contribution in [0.25, 0.3) is 11.6 Å². The van der Waals surface area contributed by atoms with Crippen molar-refractivity contribution in [2.45, 2.75) is 6.42 Å². The minimum Gasteiger partial charge on any atom is -0.497 e. The van der Waals surface area contributed by atoms with E-state index < -0.39 is 0 Å². The highest BCUT2D eigenvalue weighted by atomic mass is 16.5. The van der Waals surface area contributed by atoms with Gasteiger partial charge in [-0.15, -0.1) is 0 Å². The summed E-state index contributed by atoms with van der Waals surface area (Å²) in [5.41, 5.74) is 6.53. The van der Waals surface area contributed by atoms with Gasteiger partial charge >= 0.3 is 0 Å². The Kier molecular flexibility index (Phi) is 5.82. The Morgan fingerprint density at radius 1 is 0.862 bits per heavy atom. The lowest BCUT2D eigenvalue weighted by molar-refractivity contribution is 0.415. The van der Waals surface area contributed by atoms with E-state index in [9.17, 15) is 0 Å². The van der Waals surface area contributed by atoms with Crippen molar-refractivity contribution in [3.05, 3.63) is 120 Å². The zero-order valence-electron chi connectivity index (χ0n) is 16.5. The number of allylic oxidation sites excluding steroid dienone is 5. The number of methoxy groups -OCH3 is 1. The lowest BCUT2D eigenvalue weighted by Gasteiger charge is -2.14. The molecule has 4 rings (SSSR count). The molecule has 3 aromatic rings. The second-order valence-electron chi connectivity index (χ2n) is 6.82. The molecule has 0 heterocycles. The highest BCUT2D eigenvalue weighted by Crippen LogP contribution is 2.29. The van der Waals surface area contributed by atoms with Crippen molar-refractivity contribution < 1.29 is 4.74 Å². The summed E-state index contributed by atoms with van der Waals surface area (Å²) < 4.78 is 5.30. The second-order valence-corrected chi connectivity index (χ2v) is 6.82. The number of hydrogen-bond acceptors (Lipinski definition) is 2. The van der Waals surface area contributed by atoms with Crippen molar-refractivity contribution in [3.63, 3.8) is 0 Å². The van der Waals surface area contributed by atoms with E-state index in [-0.39, 0.29) is 0 Å². The molecule has 0 saturated carbocycles. The van der Waals surface area contributed by atoms with Crippen molar-refractivity contribution >= 4 is 23.0 Å². The van der Waals surface area contributed by atoms with Gasteiger partial charge in [0.2, 0.25) is 0 Å². The molecule has 0 N–H and O–H groups in total. The molecule has 2 heteroatoms. The van der Waals surface area contributed by atoms with E-state index in [1.807, 2.05) is 48.5 Å². The third kappa shape index (κ3) is 4.61. The van der Waals surface area contributed by atoms with Crippen LogP contribution in [0.5, 0.6) is 5.75 Å². The largest absolute Gasteiger partial charge is 0.497 e. The average molecular weight is 377 g/mol. The molecular formula is C27H23NO. The van der Waals surface area contributed by atoms with E-state index in [1.165, 1.54) is 5.57 Å². The van der Waals surface area contributed by atoms with Crippen LogP contribution in [0.4, 0.5) is 5.69 Å². The second kappa shape index (κ2) is 9.03. The van der Waals surface area contributed by atoms with Gasteiger partial charge in [0.05, 0.1) is 18.5 Å². The van der Waals surface area contributed by atoms with Crippen LogP contribution in [0, 0.1) is 0 Å².